The van der Waals surface area contributed by atoms with Gasteiger partial charge in [0, 0.05) is 11.0 Å². The molecule has 0 aromatic heterocycles. The average Bonchev–Trinajstić information content (AvgIpc) is 2.38. The molecule has 2 rings (SSSR count). The molecule has 0 unspecified atom stereocenters. The van der Waals surface area contributed by atoms with Crippen molar-refractivity contribution in [3.63, 3.8) is 0 Å². The van der Waals surface area contributed by atoms with Crippen LogP contribution in [0.1, 0.15) is 11.1 Å². The standard InChI is InChI=1S/C15H16BrFN2/c1-10-2-5-14(18)15(8-10)19-7-6-11-9-12(16)3-4-13(11)17/h2-5,8-9,19H,6-7,18H2,1H3. The summed E-state index contributed by atoms with van der Waals surface area (Å²) in [5, 5.41) is 3.24. The van der Waals surface area contributed by atoms with Crippen molar-refractivity contribution in [3.05, 3.63) is 57.8 Å². The van der Waals surface area contributed by atoms with E-state index in [0.29, 0.717) is 24.2 Å². The fraction of sp³-hybridized carbons (Fsp3) is 0.200. The first-order valence-electron chi connectivity index (χ1n) is 6.10. The van der Waals surface area contributed by atoms with Crippen molar-refractivity contribution in [3.8, 4) is 0 Å². The highest BCUT2D eigenvalue weighted by Crippen LogP contribution is 2.20. The van der Waals surface area contributed by atoms with Gasteiger partial charge in [0.25, 0.3) is 0 Å². The number of anilines is 2. The van der Waals surface area contributed by atoms with Crippen LogP contribution in [0.25, 0.3) is 0 Å². The highest BCUT2D eigenvalue weighted by molar-refractivity contribution is 9.10. The SMILES string of the molecule is Cc1ccc(N)c(NCCc2cc(Br)ccc2F)c1. The molecule has 0 spiro atoms. The van der Waals surface area contributed by atoms with Crippen LogP contribution in [0.3, 0.4) is 0 Å². The smallest absolute Gasteiger partial charge is 0.126 e. The van der Waals surface area contributed by atoms with Gasteiger partial charge in [-0.25, -0.2) is 4.39 Å². The van der Waals surface area contributed by atoms with Gasteiger partial charge >= 0.3 is 0 Å². The Balaban J connectivity index is 2.00. The van der Waals surface area contributed by atoms with E-state index in [9.17, 15) is 4.39 Å². The van der Waals surface area contributed by atoms with Gasteiger partial charge in [-0.1, -0.05) is 22.0 Å². The number of hydrogen-bond acceptors (Lipinski definition) is 2. The van der Waals surface area contributed by atoms with E-state index in [1.54, 1.807) is 12.1 Å². The van der Waals surface area contributed by atoms with Gasteiger partial charge < -0.3 is 11.1 Å². The molecule has 0 aliphatic rings. The molecule has 3 N–H and O–H groups in total. The highest BCUT2D eigenvalue weighted by Gasteiger charge is 2.04. The summed E-state index contributed by atoms with van der Waals surface area (Å²) >= 11 is 3.35. The van der Waals surface area contributed by atoms with Crippen LogP contribution in [0.4, 0.5) is 15.8 Å². The van der Waals surface area contributed by atoms with Crippen LogP contribution in [0.15, 0.2) is 40.9 Å². The third kappa shape index (κ3) is 3.70. The zero-order chi connectivity index (χ0) is 13.8. The fourth-order valence-corrected chi connectivity index (χ4v) is 2.30. The van der Waals surface area contributed by atoms with E-state index < -0.39 is 0 Å². The number of halogens is 2. The largest absolute Gasteiger partial charge is 0.397 e. The van der Waals surface area contributed by atoms with E-state index in [-0.39, 0.29) is 5.82 Å². The van der Waals surface area contributed by atoms with Gasteiger partial charge in [-0.3, -0.25) is 0 Å². The second kappa shape index (κ2) is 6.06. The summed E-state index contributed by atoms with van der Waals surface area (Å²) in [4.78, 5) is 0. The van der Waals surface area contributed by atoms with Crippen LogP contribution >= 0.6 is 15.9 Å². The molecule has 0 saturated heterocycles. The van der Waals surface area contributed by atoms with Crippen LogP contribution in [-0.4, -0.2) is 6.54 Å². The molecule has 0 fully saturated rings. The van der Waals surface area contributed by atoms with Gasteiger partial charge in [0.15, 0.2) is 0 Å². The lowest BCUT2D eigenvalue weighted by Crippen LogP contribution is -2.08. The summed E-state index contributed by atoms with van der Waals surface area (Å²) in [6.45, 7) is 2.65. The number of rotatable bonds is 4. The van der Waals surface area contributed by atoms with E-state index in [1.165, 1.54) is 6.07 Å². The second-order valence-corrected chi connectivity index (χ2v) is 5.42. The maximum Gasteiger partial charge on any atom is 0.126 e. The van der Waals surface area contributed by atoms with Crippen molar-refractivity contribution >= 4 is 27.3 Å². The minimum absolute atomic E-state index is 0.179. The second-order valence-electron chi connectivity index (χ2n) is 4.50. The molecular formula is C15H16BrFN2. The summed E-state index contributed by atoms with van der Waals surface area (Å²) in [5.74, 6) is -0.179. The molecule has 4 heteroatoms. The molecule has 2 aromatic carbocycles. The van der Waals surface area contributed by atoms with Crippen molar-refractivity contribution in [2.45, 2.75) is 13.3 Å². The average molecular weight is 323 g/mol. The summed E-state index contributed by atoms with van der Waals surface area (Å²) in [5.41, 5.74) is 9.32. The van der Waals surface area contributed by atoms with Gasteiger partial charge in [-0.05, 0) is 54.8 Å². The molecule has 100 valence electrons. The van der Waals surface area contributed by atoms with Gasteiger partial charge in [-0.15, -0.1) is 0 Å². The first-order chi connectivity index (χ1) is 9.06. The van der Waals surface area contributed by atoms with Crippen LogP contribution in [0.5, 0.6) is 0 Å². The third-order valence-corrected chi connectivity index (χ3v) is 3.42. The number of aryl methyl sites for hydroxylation is 1. The van der Waals surface area contributed by atoms with Crippen molar-refractivity contribution in [1.82, 2.24) is 0 Å². The first-order valence-corrected chi connectivity index (χ1v) is 6.89. The maximum atomic E-state index is 13.6. The number of nitrogens with two attached hydrogens (primary N) is 1. The van der Waals surface area contributed by atoms with Crippen LogP contribution in [0.2, 0.25) is 0 Å². The van der Waals surface area contributed by atoms with Gasteiger partial charge in [0.1, 0.15) is 5.82 Å². The Morgan fingerprint density at radius 1 is 1.21 bits per heavy atom. The first kappa shape index (κ1) is 13.9. The van der Waals surface area contributed by atoms with Crippen molar-refractivity contribution < 1.29 is 4.39 Å². The molecule has 2 nitrogen and oxygen atoms in total. The zero-order valence-corrected chi connectivity index (χ0v) is 12.3. The molecule has 2 aromatic rings. The molecule has 0 saturated carbocycles. The number of benzene rings is 2. The van der Waals surface area contributed by atoms with Crippen LogP contribution < -0.4 is 11.1 Å². The Labute approximate surface area is 121 Å². The Morgan fingerprint density at radius 2 is 2.00 bits per heavy atom. The molecule has 0 aliphatic carbocycles. The van der Waals surface area contributed by atoms with E-state index in [0.717, 1.165) is 15.7 Å². The summed E-state index contributed by atoms with van der Waals surface area (Å²) < 4.78 is 14.5. The predicted molar refractivity (Wildman–Crippen MR) is 81.9 cm³/mol. The van der Waals surface area contributed by atoms with Gasteiger partial charge in [0.05, 0.1) is 11.4 Å². The zero-order valence-electron chi connectivity index (χ0n) is 10.7. The fourth-order valence-electron chi connectivity index (χ4n) is 1.89. The van der Waals surface area contributed by atoms with E-state index in [2.05, 4.69) is 21.2 Å². The summed E-state index contributed by atoms with van der Waals surface area (Å²) in [6, 6.07) is 10.8. The summed E-state index contributed by atoms with van der Waals surface area (Å²) in [7, 11) is 0. The topological polar surface area (TPSA) is 38.0 Å². The maximum absolute atomic E-state index is 13.6. The molecule has 0 aliphatic heterocycles. The number of nitrogen functional groups attached to an aromatic ring is 1. The number of hydrogen-bond donors (Lipinski definition) is 2. The minimum atomic E-state index is -0.179. The lowest BCUT2D eigenvalue weighted by molar-refractivity contribution is 0.610. The van der Waals surface area contributed by atoms with Crippen molar-refractivity contribution in [2.75, 3.05) is 17.6 Å². The molecule has 0 atom stereocenters. The van der Waals surface area contributed by atoms with Gasteiger partial charge in [-0.2, -0.15) is 0 Å². The molecule has 0 radical (unpaired) electrons. The van der Waals surface area contributed by atoms with E-state index in [4.69, 9.17) is 5.73 Å². The third-order valence-electron chi connectivity index (χ3n) is 2.93. The molecule has 0 bridgehead atoms. The van der Waals surface area contributed by atoms with E-state index >= 15 is 0 Å². The lowest BCUT2D eigenvalue weighted by Gasteiger charge is -2.10. The Kier molecular flexibility index (Phi) is 4.43. The normalized spacial score (nSPS) is 10.5. The molecule has 0 heterocycles. The highest BCUT2D eigenvalue weighted by atomic mass is 79.9. The molecular weight excluding hydrogens is 307 g/mol. The minimum Gasteiger partial charge on any atom is -0.397 e. The summed E-state index contributed by atoms with van der Waals surface area (Å²) in [6.07, 6.45) is 0.610. The quantitative estimate of drug-likeness (QED) is 0.830. The molecule has 0 amide bonds. The Bertz CT molecular complexity index is 533. The molecule has 19 heavy (non-hydrogen) atoms. The predicted octanol–water partition coefficient (Wildman–Crippen LogP) is 4.13. The van der Waals surface area contributed by atoms with Crippen molar-refractivity contribution in [1.29, 1.82) is 0 Å². The monoisotopic (exact) mass is 322 g/mol. The van der Waals surface area contributed by atoms with Crippen LogP contribution in [0, 0.1) is 12.7 Å². The number of nitrogens with one attached hydrogen (secondary N) is 1. The van der Waals surface area contributed by atoms with E-state index in [1.807, 2.05) is 25.1 Å². The Hall–Kier alpha value is -1.55. The van der Waals surface area contributed by atoms with Crippen molar-refractivity contribution in [2.24, 2.45) is 0 Å². The Morgan fingerprint density at radius 3 is 2.79 bits per heavy atom. The lowest BCUT2D eigenvalue weighted by atomic mass is 10.1. The van der Waals surface area contributed by atoms with Crippen LogP contribution in [-0.2, 0) is 6.42 Å². The van der Waals surface area contributed by atoms with Gasteiger partial charge in [0.2, 0.25) is 0 Å².